The molecule has 6 nitrogen and oxygen atoms in total. The standard InChI is InChI=1S/C15H21N3O3.ClH/c16-14(19)6-8-18(13-4-2-1-3-5-13)15(20)10-12-11-21-9-7-17-12;/h1-5,12,17H,6-11H2,(H2,16,19);1H. The number of nitrogens with two attached hydrogens (primary N) is 1. The van der Waals surface area contributed by atoms with Gasteiger partial charge in [-0.3, -0.25) is 9.59 Å². The number of para-hydroxylation sites is 1. The van der Waals surface area contributed by atoms with E-state index in [1.54, 1.807) is 4.90 Å². The van der Waals surface area contributed by atoms with Crippen molar-refractivity contribution >= 4 is 29.9 Å². The molecule has 2 amide bonds. The SMILES string of the molecule is Cl.NC(=O)CCN(C(=O)CC1COCCN1)c1ccccc1. The van der Waals surface area contributed by atoms with Crippen LogP contribution in [0.3, 0.4) is 0 Å². The Bertz CT molecular complexity index is 478. The molecule has 0 saturated carbocycles. The van der Waals surface area contributed by atoms with Crippen LogP contribution in [0, 0.1) is 0 Å². The van der Waals surface area contributed by atoms with Crippen LogP contribution in [-0.4, -0.2) is 44.2 Å². The molecule has 0 spiro atoms. The Balaban J connectivity index is 0.00000242. The van der Waals surface area contributed by atoms with Crippen LogP contribution in [0.4, 0.5) is 5.69 Å². The molecule has 1 aromatic carbocycles. The second-order valence-corrected chi connectivity index (χ2v) is 5.03. The minimum absolute atomic E-state index is 0. The summed E-state index contributed by atoms with van der Waals surface area (Å²) in [6, 6.07) is 9.33. The van der Waals surface area contributed by atoms with Crippen molar-refractivity contribution in [2.45, 2.75) is 18.9 Å². The predicted molar refractivity (Wildman–Crippen MR) is 87.1 cm³/mol. The highest BCUT2D eigenvalue weighted by molar-refractivity contribution is 5.94. The molecule has 1 heterocycles. The lowest BCUT2D eigenvalue weighted by atomic mass is 10.1. The van der Waals surface area contributed by atoms with Gasteiger partial charge in [-0.05, 0) is 12.1 Å². The topological polar surface area (TPSA) is 84.7 Å². The third kappa shape index (κ3) is 5.63. The van der Waals surface area contributed by atoms with Crippen LogP contribution in [-0.2, 0) is 14.3 Å². The lowest BCUT2D eigenvalue weighted by Crippen LogP contribution is -2.45. The largest absolute Gasteiger partial charge is 0.378 e. The third-order valence-electron chi connectivity index (χ3n) is 3.37. The number of hydrogen-bond donors (Lipinski definition) is 2. The molecule has 22 heavy (non-hydrogen) atoms. The molecular weight excluding hydrogens is 306 g/mol. The van der Waals surface area contributed by atoms with Gasteiger partial charge in [-0.15, -0.1) is 12.4 Å². The number of ether oxygens (including phenoxy) is 1. The van der Waals surface area contributed by atoms with Gasteiger partial charge in [0.25, 0.3) is 0 Å². The van der Waals surface area contributed by atoms with Crippen molar-refractivity contribution in [3.63, 3.8) is 0 Å². The van der Waals surface area contributed by atoms with Crippen LogP contribution in [0.2, 0.25) is 0 Å². The highest BCUT2D eigenvalue weighted by atomic mass is 35.5. The van der Waals surface area contributed by atoms with Crippen molar-refractivity contribution in [1.29, 1.82) is 0 Å². The highest BCUT2D eigenvalue weighted by Crippen LogP contribution is 2.16. The molecule has 1 aliphatic heterocycles. The molecule has 7 heteroatoms. The minimum atomic E-state index is -0.414. The Kier molecular flexibility index (Phi) is 7.87. The Hall–Kier alpha value is -1.63. The molecule has 122 valence electrons. The number of carbonyl (C=O) groups excluding carboxylic acids is 2. The van der Waals surface area contributed by atoms with E-state index in [-0.39, 0.29) is 30.8 Å². The lowest BCUT2D eigenvalue weighted by Gasteiger charge is -2.27. The number of amides is 2. The second-order valence-electron chi connectivity index (χ2n) is 5.03. The summed E-state index contributed by atoms with van der Waals surface area (Å²) < 4.78 is 5.36. The van der Waals surface area contributed by atoms with Gasteiger partial charge in [0.05, 0.1) is 13.2 Å². The van der Waals surface area contributed by atoms with E-state index >= 15 is 0 Å². The van der Waals surface area contributed by atoms with Crippen molar-refractivity contribution in [3.05, 3.63) is 30.3 Å². The first-order valence-corrected chi connectivity index (χ1v) is 7.11. The summed E-state index contributed by atoms with van der Waals surface area (Å²) in [4.78, 5) is 25.1. The highest BCUT2D eigenvalue weighted by Gasteiger charge is 2.22. The van der Waals surface area contributed by atoms with Crippen LogP contribution >= 0.6 is 12.4 Å². The molecule has 1 aromatic rings. The average molecular weight is 328 g/mol. The number of nitrogens with one attached hydrogen (secondary N) is 1. The number of rotatable bonds is 6. The van der Waals surface area contributed by atoms with Gasteiger partial charge in [0.15, 0.2) is 0 Å². The van der Waals surface area contributed by atoms with E-state index in [2.05, 4.69) is 5.32 Å². The maximum Gasteiger partial charge on any atom is 0.228 e. The predicted octanol–water partition coefficient (Wildman–Crippen LogP) is 0.695. The molecule has 0 bridgehead atoms. The van der Waals surface area contributed by atoms with Crippen molar-refractivity contribution < 1.29 is 14.3 Å². The molecule has 0 radical (unpaired) electrons. The number of benzene rings is 1. The summed E-state index contributed by atoms with van der Waals surface area (Å²) in [5, 5.41) is 3.26. The van der Waals surface area contributed by atoms with Crippen LogP contribution in [0.15, 0.2) is 30.3 Å². The first-order valence-electron chi connectivity index (χ1n) is 7.11. The summed E-state index contributed by atoms with van der Waals surface area (Å²) in [7, 11) is 0. The van der Waals surface area contributed by atoms with E-state index in [1.807, 2.05) is 30.3 Å². The van der Waals surface area contributed by atoms with Crippen molar-refractivity contribution in [1.82, 2.24) is 5.32 Å². The van der Waals surface area contributed by atoms with Gasteiger partial charge in [0.2, 0.25) is 11.8 Å². The van der Waals surface area contributed by atoms with E-state index in [0.717, 1.165) is 12.2 Å². The third-order valence-corrected chi connectivity index (χ3v) is 3.37. The molecular formula is C15H22ClN3O3. The first kappa shape index (κ1) is 18.4. The summed E-state index contributed by atoms with van der Waals surface area (Å²) >= 11 is 0. The van der Waals surface area contributed by atoms with Crippen LogP contribution < -0.4 is 16.0 Å². The molecule has 1 atom stereocenters. The quantitative estimate of drug-likeness (QED) is 0.805. The first-order chi connectivity index (χ1) is 10.2. The normalized spacial score (nSPS) is 17.4. The van der Waals surface area contributed by atoms with Crippen LogP contribution in [0.1, 0.15) is 12.8 Å². The van der Waals surface area contributed by atoms with Gasteiger partial charge < -0.3 is 20.7 Å². The summed E-state index contributed by atoms with van der Waals surface area (Å²) in [5.41, 5.74) is 5.97. The number of primary amides is 1. The second kappa shape index (κ2) is 9.40. The molecule has 3 N–H and O–H groups in total. The molecule has 1 saturated heterocycles. The zero-order chi connectivity index (χ0) is 15.1. The minimum Gasteiger partial charge on any atom is -0.378 e. The number of anilines is 1. The monoisotopic (exact) mass is 327 g/mol. The Morgan fingerprint density at radius 3 is 2.64 bits per heavy atom. The number of hydrogen-bond acceptors (Lipinski definition) is 4. The average Bonchev–Trinajstić information content (AvgIpc) is 2.49. The molecule has 1 fully saturated rings. The molecule has 2 rings (SSSR count). The fourth-order valence-electron chi connectivity index (χ4n) is 2.30. The number of halogens is 1. The Labute approximate surface area is 136 Å². The molecule has 0 aromatic heterocycles. The zero-order valence-corrected chi connectivity index (χ0v) is 13.2. The smallest absolute Gasteiger partial charge is 0.228 e. The Morgan fingerprint density at radius 2 is 2.05 bits per heavy atom. The number of carbonyl (C=O) groups is 2. The Morgan fingerprint density at radius 1 is 1.32 bits per heavy atom. The fourth-order valence-corrected chi connectivity index (χ4v) is 2.30. The van der Waals surface area contributed by atoms with E-state index in [1.165, 1.54) is 0 Å². The van der Waals surface area contributed by atoms with Crippen molar-refractivity contribution in [2.24, 2.45) is 5.73 Å². The van der Waals surface area contributed by atoms with Crippen molar-refractivity contribution in [3.8, 4) is 0 Å². The van der Waals surface area contributed by atoms with Gasteiger partial charge in [-0.2, -0.15) is 0 Å². The van der Waals surface area contributed by atoms with Gasteiger partial charge in [-0.25, -0.2) is 0 Å². The van der Waals surface area contributed by atoms with Gasteiger partial charge in [-0.1, -0.05) is 18.2 Å². The number of nitrogens with zero attached hydrogens (tertiary/aromatic N) is 1. The molecule has 1 aliphatic rings. The van der Waals surface area contributed by atoms with E-state index in [4.69, 9.17) is 10.5 Å². The lowest BCUT2D eigenvalue weighted by molar-refractivity contribution is -0.120. The van der Waals surface area contributed by atoms with Crippen molar-refractivity contribution in [2.75, 3.05) is 31.2 Å². The summed E-state index contributed by atoms with van der Waals surface area (Å²) in [5.74, 6) is -0.451. The van der Waals surface area contributed by atoms with E-state index in [0.29, 0.717) is 26.2 Å². The van der Waals surface area contributed by atoms with E-state index < -0.39 is 5.91 Å². The maximum atomic E-state index is 12.5. The molecule has 1 unspecified atom stereocenters. The maximum absolute atomic E-state index is 12.5. The number of morpholine rings is 1. The van der Waals surface area contributed by atoms with Gasteiger partial charge in [0, 0.05) is 37.7 Å². The van der Waals surface area contributed by atoms with Gasteiger partial charge in [0.1, 0.15) is 0 Å². The zero-order valence-electron chi connectivity index (χ0n) is 12.4. The van der Waals surface area contributed by atoms with E-state index in [9.17, 15) is 9.59 Å². The van der Waals surface area contributed by atoms with Gasteiger partial charge >= 0.3 is 0 Å². The van der Waals surface area contributed by atoms with Crippen LogP contribution in [0.5, 0.6) is 0 Å². The van der Waals surface area contributed by atoms with Crippen LogP contribution in [0.25, 0.3) is 0 Å². The molecule has 0 aliphatic carbocycles. The summed E-state index contributed by atoms with van der Waals surface area (Å²) in [6.45, 7) is 2.26. The fraction of sp³-hybridized carbons (Fsp3) is 0.467. The summed E-state index contributed by atoms with van der Waals surface area (Å²) in [6.07, 6.45) is 0.489.